The molecule has 10 heteroatoms. The van der Waals surface area contributed by atoms with Crippen LogP contribution < -0.4 is 19.7 Å². The van der Waals surface area contributed by atoms with Crippen LogP contribution in [-0.4, -0.2) is 91.7 Å². The minimum absolute atomic E-state index is 0.00597. The number of likely N-dealkylation sites (tertiary alicyclic amines) is 2. The quantitative estimate of drug-likeness (QED) is 0.628. The van der Waals surface area contributed by atoms with Crippen LogP contribution in [0.3, 0.4) is 0 Å². The molecule has 1 N–H and O–H groups in total. The van der Waals surface area contributed by atoms with E-state index in [-0.39, 0.29) is 24.4 Å². The lowest BCUT2D eigenvalue weighted by molar-refractivity contribution is -0.140. The van der Waals surface area contributed by atoms with Crippen LogP contribution in [0.25, 0.3) is 0 Å². The van der Waals surface area contributed by atoms with Crippen molar-refractivity contribution in [2.24, 2.45) is 0 Å². The highest BCUT2D eigenvalue weighted by atomic mass is 16.5. The molecule has 3 aliphatic heterocycles. The Morgan fingerprint density at radius 1 is 0.895 bits per heavy atom. The van der Waals surface area contributed by atoms with E-state index in [9.17, 15) is 14.4 Å². The molecular formula is C28H35N5O5. The summed E-state index contributed by atoms with van der Waals surface area (Å²) in [6, 6.07) is 14.8. The largest absolute Gasteiger partial charge is 0.497 e. The Morgan fingerprint density at radius 3 is 2.13 bits per heavy atom. The Balaban J connectivity index is 1.31. The average Bonchev–Trinajstić information content (AvgIpc) is 3.58. The van der Waals surface area contributed by atoms with Crippen molar-refractivity contribution in [2.45, 2.75) is 31.2 Å². The molecule has 38 heavy (non-hydrogen) atoms. The fourth-order valence-corrected chi connectivity index (χ4v) is 5.71. The van der Waals surface area contributed by atoms with Crippen molar-refractivity contribution in [1.29, 1.82) is 0 Å². The molecule has 5 rings (SSSR count). The zero-order valence-electron chi connectivity index (χ0n) is 22.0. The number of nitrogens with zero attached hydrogens (tertiary/aromatic N) is 4. The smallest absolute Gasteiger partial charge is 0.321 e. The van der Waals surface area contributed by atoms with Gasteiger partial charge in [0.1, 0.15) is 23.6 Å². The molecule has 3 fully saturated rings. The summed E-state index contributed by atoms with van der Waals surface area (Å²) in [4.78, 5) is 47.3. The van der Waals surface area contributed by atoms with Crippen LogP contribution in [0.4, 0.5) is 16.2 Å². The lowest BCUT2D eigenvalue weighted by Gasteiger charge is -2.43. The number of para-hydroxylation sites is 1. The summed E-state index contributed by atoms with van der Waals surface area (Å²) < 4.78 is 10.6. The molecule has 0 bridgehead atoms. The first kappa shape index (κ1) is 25.7. The van der Waals surface area contributed by atoms with Gasteiger partial charge in [-0.25, -0.2) is 4.79 Å². The number of carbonyl (C=O) groups excluding carboxylic acids is 3. The van der Waals surface area contributed by atoms with Crippen LogP contribution in [0.5, 0.6) is 11.5 Å². The lowest BCUT2D eigenvalue weighted by Crippen LogP contribution is -2.58. The molecular weight excluding hydrogens is 486 g/mol. The first-order valence-electron chi connectivity index (χ1n) is 13.1. The molecule has 0 aromatic heterocycles. The van der Waals surface area contributed by atoms with E-state index >= 15 is 0 Å². The zero-order chi connectivity index (χ0) is 26.7. The van der Waals surface area contributed by atoms with Gasteiger partial charge < -0.3 is 34.4 Å². The molecule has 1 spiro atoms. The number of carbonyl (C=O) groups is 3. The standard InChI is InChI=1S/C28H35N5O5/c1-37-23-16-21(17-24(18-23)38-2)29-27(36)31-14-10-28(11-15-31)26(35)32(19-25(34)30-12-6-7-13-30)20-33(28)22-8-4-3-5-9-22/h3-5,8-9,16-18H,6-7,10-15,19-20H2,1-2H3,(H,29,36). The summed E-state index contributed by atoms with van der Waals surface area (Å²) in [7, 11) is 3.12. The Bertz CT molecular complexity index is 1150. The first-order chi connectivity index (χ1) is 18.4. The first-order valence-corrected chi connectivity index (χ1v) is 13.1. The summed E-state index contributed by atoms with van der Waals surface area (Å²) in [6.07, 6.45) is 2.98. The summed E-state index contributed by atoms with van der Waals surface area (Å²) in [6.45, 7) is 2.80. The van der Waals surface area contributed by atoms with Gasteiger partial charge in [-0.15, -0.1) is 0 Å². The maximum Gasteiger partial charge on any atom is 0.321 e. The van der Waals surface area contributed by atoms with Gasteiger partial charge in [0.2, 0.25) is 5.91 Å². The molecule has 3 saturated heterocycles. The van der Waals surface area contributed by atoms with Gasteiger partial charge in [0.25, 0.3) is 5.91 Å². The highest BCUT2D eigenvalue weighted by Crippen LogP contribution is 2.39. The van der Waals surface area contributed by atoms with E-state index in [0.717, 1.165) is 31.6 Å². The van der Waals surface area contributed by atoms with Crippen LogP contribution in [-0.2, 0) is 9.59 Å². The molecule has 10 nitrogen and oxygen atoms in total. The van der Waals surface area contributed by atoms with E-state index < -0.39 is 5.54 Å². The Morgan fingerprint density at radius 2 is 1.53 bits per heavy atom. The molecule has 0 saturated carbocycles. The number of methoxy groups -OCH3 is 2. The topological polar surface area (TPSA) is 94.7 Å². The maximum absolute atomic E-state index is 13.9. The second-order valence-corrected chi connectivity index (χ2v) is 10.0. The van der Waals surface area contributed by atoms with Crippen molar-refractivity contribution in [3.63, 3.8) is 0 Å². The Labute approximate surface area is 223 Å². The SMILES string of the molecule is COc1cc(NC(=O)N2CCC3(CC2)C(=O)N(CC(=O)N2CCCC2)CN3c2ccccc2)cc(OC)c1. The monoisotopic (exact) mass is 521 g/mol. The van der Waals surface area contributed by atoms with Crippen molar-refractivity contribution in [3.8, 4) is 11.5 Å². The van der Waals surface area contributed by atoms with Crippen molar-refractivity contribution in [3.05, 3.63) is 48.5 Å². The molecule has 3 aliphatic rings. The van der Waals surface area contributed by atoms with Gasteiger partial charge in [0.05, 0.1) is 20.9 Å². The van der Waals surface area contributed by atoms with Crippen LogP contribution in [0.1, 0.15) is 25.7 Å². The average molecular weight is 522 g/mol. The van der Waals surface area contributed by atoms with Gasteiger partial charge in [-0.2, -0.15) is 0 Å². The van der Waals surface area contributed by atoms with Crippen molar-refractivity contribution < 1.29 is 23.9 Å². The molecule has 0 unspecified atom stereocenters. The van der Waals surface area contributed by atoms with E-state index in [4.69, 9.17) is 9.47 Å². The second-order valence-electron chi connectivity index (χ2n) is 10.0. The fraction of sp³-hybridized carbons (Fsp3) is 0.464. The third-order valence-corrected chi connectivity index (χ3v) is 7.85. The zero-order valence-corrected chi connectivity index (χ0v) is 22.0. The van der Waals surface area contributed by atoms with Crippen LogP contribution in [0.2, 0.25) is 0 Å². The summed E-state index contributed by atoms with van der Waals surface area (Å²) in [5.41, 5.74) is 0.724. The third-order valence-electron chi connectivity index (χ3n) is 7.85. The molecule has 0 radical (unpaired) electrons. The molecule has 4 amide bonds. The number of piperidine rings is 1. The van der Waals surface area contributed by atoms with E-state index in [1.165, 1.54) is 0 Å². The molecule has 2 aromatic rings. The molecule has 202 valence electrons. The van der Waals surface area contributed by atoms with Gasteiger partial charge in [0, 0.05) is 55.8 Å². The number of rotatable bonds is 6. The fourth-order valence-electron chi connectivity index (χ4n) is 5.71. The number of ether oxygens (including phenoxy) is 2. The van der Waals surface area contributed by atoms with Crippen LogP contribution >= 0.6 is 0 Å². The normalized spacial score (nSPS) is 18.7. The summed E-state index contributed by atoms with van der Waals surface area (Å²) in [5.74, 6) is 1.13. The van der Waals surface area contributed by atoms with Gasteiger partial charge in [0.15, 0.2) is 0 Å². The van der Waals surface area contributed by atoms with Crippen LogP contribution in [0.15, 0.2) is 48.5 Å². The van der Waals surface area contributed by atoms with Gasteiger partial charge >= 0.3 is 6.03 Å². The van der Waals surface area contributed by atoms with E-state index in [1.807, 2.05) is 35.2 Å². The number of hydrogen-bond acceptors (Lipinski definition) is 6. The van der Waals surface area contributed by atoms with Crippen molar-refractivity contribution in [2.75, 3.05) is 63.8 Å². The second kappa shape index (κ2) is 10.8. The number of nitrogens with one attached hydrogen (secondary N) is 1. The highest BCUT2D eigenvalue weighted by Gasteiger charge is 2.54. The van der Waals surface area contributed by atoms with Crippen LogP contribution in [0, 0.1) is 0 Å². The van der Waals surface area contributed by atoms with Gasteiger partial charge in [-0.1, -0.05) is 18.2 Å². The predicted molar refractivity (Wildman–Crippen MR) is 143 cm³/mol. The lowest BCUT2D eigenvalue weighted by atomic mass is 9.85. The minimum atomic E-state index is -0.789. The maximum atomic E-state index is 13.9. The number of anilines is 2. The van der Waals surface area contributed by atoms with Crippen molar-refractivity contribution >= 4 is 29.2 Å². The number of hydrogen-bond donors (Lipinski definition) is 1. The highest BCUT2D eigenvalue weighted by molar-refractivity contribution is 5.97. The Kier molecular flexibility index (Phi) is 7.31. The van der Waals surface area contributed by atoms with Crippen molar-refractivity contribution in [1.82, 2.24) is 14.7 Å². The molecule has 3 heterocycles. The van der Waals surface area contributed by atoms with E-state index in [0.29, 0.717) is 49.8 Å². The minimum Gasteiger partial charge on any atom is -0.497 e. The third kappa shape index (κ3) is 4.94. The summed E-state index contributed by atoms with van der Waals surface area (Å²) >= 11 is 0. The van der Waals surface area contributed by atoms with E-state index in [1.54, 1.807) is 42.2 Å². The number of benzene rings is 2. The molecule has 0 atom stereocenters. The Hall–Kier alpha value is -3.95. The number of urea groups is 1. The molecule has 2 aromatic carbocycles. The van der Waals surface area contributed by atoms with E-state index in [2.05, 4.69) is 10.2 Å². The predicted octanol–water partition coefficient (Wildman–Crippen LogP) is 3.00. The molecule has 0 aliphatic carbocycles. The van der Waals surface area contributed by atoms with Gasteiger partial charge in [-0.3, -0.25) is 9.59 Å². The number of amides is 4. The summed E-state index contributed by atoms with van der Waals surface area (Å²) in [5, 5.41) is 2.93. The van der Waals surface area contributed by atoms with Gasteiger partial charge in [-0.05, 0) is 37.8 Å².